The molecule has 0 aliphatic carbocycles. The fourth-order valence-electron chi connectivity index (χ4n) is 3.80. The highest BCUT2D eigenvalue weighted by Crippen LogP contribution is 2.31. The van der Waals surface area contributed by atoms with E-state index in [2.05, 4.69) is 4.90 Å². The number of hydrogen-bond donors (Lipinski definition) is 0. The Bertz CT molecular complexity index is 1030. The zero-order chi connectivity index (χ0) is 22.0. The molecule has 2 heterocycles. The molecule has 1 amide bonds. The monoisotopic (exact) mass is 443 g/mol. The molecule has 3 aromatic rings. The van der Waals surface area contributed by atoms with Crippen molar-refractivity contribution in [3.63, 3.8) is 0 Å². The lowest BCUT2D eigenvalue weighted by atomic mass is 9.96. The smallest absolute Gasteiger partial charge is 0.324 e. The Morgan fingerprint density at radius 3 is 1.90 bits per heavy atom. The van der Waals surface area contributed by atoms with E-state index in [-0.39, 0.29) is 28.6 Å². The van der Waals surface area contributed by atoms with Crippen molar-refractivity contribution < 1.29 is 18.5 Å². The number of nitro groups is 1. The second-order valence-corrected chi connectivity index (χ2v) is 8.15. The van der Waals surface area contributed by atoms with Crippen molar-refractivity contribution >= 4 is 22.2 Å². The van der Waals surface area contributed by atoms with Crippen LogP contribution in [0.3, 0.4) is 0 Å². The number of benzene rings is 2. The van der Waals surface area contributed by atoms with E-state index in [0.717, 1.165) is 22.5 Å². The van der Waals surface area contributed by atoms with Gasteiger partial charge in [-0.1, -0.05) is 35.6 Å². The van der Waals surface area contributed by atoms with Gasteiger partial charge in [-0.25, -0.2) is 8.78 Å². The zero-order valence-electron chi connectivity index (χ0n) is 16.4. The third-order valence-corrected chi connectivity index (χ3v) is 6.23. The summed E-state index contributed by atoms with van der Waals surface area (Å²) < 4.78 is 26.9. The molecule has 0 radical (unpaired) electrons. The van der Waals surface area contributed by atoms with Gasteiger partial charge in [0.15, 0.2) is 0 Å². The molecular weight excluding hydrogens is 424 g/mol. The number of carbonyl (C=O) groups is 1. The summed E-state index contributed by atoms with van der Waals surface area (Å²) in [6.45, 7) is 2.00. The molecule has 1 aliphatic heterocycles. The Balaban J connectivity index is 1.52. The van der Waals surface area contributed by atoms with E-state index >= 15 is 0 Å². The van der Waals surface area contributed by atoms with Crippen molar-refractivity contribution in [1.82, 2.24) is 9.80 Å². The van der Waals surface area contributed by atoms with Gasteiger partial charge < -0.3 is 4.90 Å². The van der Waals surface area contributed by atoms with Crippen LogP contribution in [0.25, 0.3) is 0 Å². The van der Waals surface area contributed by atoms with Gasteiger partial charge in [0.1, 0.15) is 11.6 Å². The third kappa shape index (κ3) is 4.62. The van der Waals surface area contributed by atoms with Gasteiger partial charge in [-0.15, -0.1) is 0 Å². The summed E-state index contributed by atoms with van der Waals surface area (Å²) in [5.74, 6) is -0.895. The first-order chi connectivity index (χ1) is 14.9. The number of rotatable bonds is 5. The maximum Gasteiger partial charge on any atom is 0.324 e. The van der Waals surface area contributed by atoms with Crippen LogP contribution in [0.5, 0.6) is 0 Å². The van der Waals surface area contributed by atoms with E-state index in [9.17, 15) is 23.7 Å². The maximum absolute atomic E-state index is 13.5. The first kappa shape index (κ1) is 21.1. The Morgan fingerprint density at radius 1 is 0.935 bits per heavy atom. The Morgan fingerprint density at radius 2 is 1.45 bits per heavy atom. The molecule has 0 N–H and O–H groups in total. The molecule has 1 aliphatic rings. The van der Waals surface area contributed by atoms with Gasteiger partial charge in [-0.3, -0.25) is 19.8 Å². The number of piperazine rings is 1. The molecule has 0 bridgehead atoms. The van der Waals surface area contributed by atoms with E-state index in [4.69, 9.17) is 0 Å². The highest BCUT2D eigenvalue weighted by Gasteiger charge is 2.29. The molecule has 0 spiro atoms. The predicted octanol–water partition coefficient (Wildman–Crippen LogP) is 4.48. The van der Waals surface area contributed by atoms with Crippen LogP contribution in [-0.4, -0.2) is 46.8 Å². The van der Waals surface area contributed by atoms with Gasteiger partial charge in [-0.05, 0) is 35.4 Å². The van der Waals surface area contributed by atoms with Gasteiger partial charge in [0.2, 0.25) is 0 Å². The topological polar surface area (TPSA) is 66.7 Å². The number of thiophene rings is 1. The molecule has 4 rings (SSSR count). The molecule has 160 valence electrons. The summed E-state index contributed by atoms with van der Waals surface area (Å²) in [4.78, 5) is 27.0. The summed E-state index contributed by atoms with van der Waals surface area (Å²) in [5, 5.41) is 12.3. The first-order valence-electron chi connectivity index (χ1n) is 9.69. The summed E-state index contributed by atoms with van der Waals surface area (Å²) in [6, 6.07) is 13.5. The summed E-state index contributed by atoms with van der Waals surface area (Å²) in [5.41, 5.74) is 2.07. The number of nitrogens with zero attached hydrogens (tertiary/aromatic N) is 3. The highest BCUT2D eigenvalue weighted by molar-refractivity contribution is 7.13. The molecule has 1 saturated heterocycles. The van der Waals surface area contributed by atoms with Crippen molar-refractivity contribution in [3.05, 3.63) is 98.4 Å². The lowest BCUT2D eigenvalue weighted by molar-refractivity contribution is -0.380. The lowest BCUT2D eigenvalue weighted by Crippen LogP contribution is -2.49. The quantitative estimate of drug-likeness (QED) is 0.431. The molecule has 0 saturated carbocycles. The van der Waals surface area contributed by atoms with E-state index in [0.29, 0.717) is 31.7 Å². The number of halogens is 2. The first-order valence-corrected chi connectivity index (χ1v) is 10.6. The van der Waals surface area contributed by atoms with E-state index in [1.165, 1.54) is 35.7 Å². The van der Waals surface area contributed by atoms with E-state index in [1.54, 1.807) is 29.2 Å². The van der Waals surface area contributed by atoms with Gasteiger partial charge >= 0.3 is 5.00 Å². The fraction of sp³-hybridized carbons (Fsp3) is 0.227. The molecule has 9 heteroatoms. The van der Waals surface area contributed by atoms with Crippen molar-refractivity contribution in [1.29, 1.82) is 0 Å². The van der Waals surface area contributed by atoms with Crippen LogP contribution in [0.15, 0.2) is 60.0 Å². The average Bonchev–Trinajstić information content (AvgIpc) is 3.27. The van der Waals surface area contributed by atoms with Crippen LogP contribution >= 0.6 is 11.3 Å². The van der Waals surface area contributed by atoms with E-state index in [1.807, 2.05) is 0 Å². The SMILES string of the molecule is O=C(c1csc([N+](=O)[O-])c1)N1CCN(C(c2ccc(F)cc2)c2ccc(F)cc2)CC1. The zero-order valence-corrected chi connectivity index (χ0v) is 17.2. The maximum atomic E-state index is 13.5. The van der Waals surface area contributed by atoms with Crippen LogP contribution in [-0.2, 0) is 0 Å². The molecule has 0 atom stereocenters. The minimum absolute atomic E-state index is 0.0605. The van der Waals surface area contributed by atoms with Crippen LogP contribution in [0.2, 0.25) is 0 Å². The Kier molecular flexibility index (Phi) is 6.06. The van der Waals surface area contributed by atoms with Crippen molar-refractivity contribution in [2.45, 2.75) is 6.04 Å². The summed E-state index contributed by atoms with van der Waals surface area (Å²) in [7, 11) is 0. The molecule has 0 unspecified atom stereocenters. The second kappa shape index (κ2) is 8.91. The summed E-state index contributed by atoms with van der Waals surface area (Å²) in [6.07, 6.45) is 0. The Labute approximate surface area is 181 Å². The van der Waals surface area contributed by atoms with Crippen LogP contribution in [0.4, 0.5) is 13.8 Å². The number of carbonyl (C=O) groups excluding carboxylic acids is 1. The fourth-order valence-corrected chi connectivity index (χ4v) is 4.50. The molecule has 1 fully saturated rings. The normalized spacial score (nSPS) is 14.7. The molecule has 31 heavy (non-hydrogen) atoms. The Hall–Kier alpha value is -3.17. The van der Waals surface area contributed by atoms with Crippen LogP contribution in [0.1, 0.15) is 27.5 Å². The minimum Gasteiger partial charge on any atom is -0.336 e. The van der Waals surface area contributed by atoms with Crippen molar-refractivity contribution in [3.8, 4) is 0 Å². The molecule has 1 aromatic heterocycles. The highest BCUT2D eigenvalue weighted by atomic mass is 32.1. The van der Waals surface area contributed by atoms with Crippen LogP contribution < -0.4 is 0 Å². The van der Waals surface area contributed by atoms with Crippen molar-refractivity contribution in [2.75, 3.05) is 26.2 Å². The van der Waals surface area contributed by atoms with Gasteiger partial charge in [0.05, 0.1) is 16.5 Å². The van der Waals surface area contributed by atoms with Gasteiger partial charge in [0.25, 0.3) is 5.91 Å². The summed E-state index contributed by atoms with van der Waals surface area (Å²) >= 11 is 0.934. The second-order valence-electron chi connectivity index (χ2n) is 7.26. The molecular formula is C22H19F2N3O3S. The van der Waals surface area contributed by atoms with Gasteiger partial charge in [0, 0.05) is 37.6 Å². The molecule has 2 aromatic carbocycles. The molecule has 6 nitrogen and oxygen atoms in total. The standard InChI is InChI=1S/C22H19F2N3O3S/c23-18-5-1-15(2-6-18)21(16-3-7-19(24)8-4-16)25-9-11-26(12-10-25)22(28)17-13-20(27(29)30)31-14-17/h1-8,13-14,21H,9-12H2. The van der Waals surface area contributed by atoms with Crippen molar-refractivity contribution in [2.24, 2.45) is 0 Å². The van der Waals surface area contributed by atoms with E-state index < -0.39 is 4.92 Å². The third-order valence-electron chi connectivity index (χ3n) is 5.35. The lowest BCUT2D eigenvalue weighted by Gasteiger charge is -2.39. The average molecular weight is 443 g/mol. The van der Waals surface area contributed by atoms with Gasteiger partial charge in [-0.2, -0.15) is 0 Å². The largest absolute Gasteiger partial charge is 0.336 e. The number of amides is 1. The number of hydrogen-bond acceptors (Lipinski definition) is 5. The minimum atomic E-state index is -0.505. The van der Waals surface area contributed by atoms with Crippen LogP contribution in [0, 0.1) is 21.7 Å². The predicted molar refractivity (Wildman–Crippen MR) is 113 cm³/mol.